The molecule has 1 heterocycles. The molecule has 30 heavy (non-hydrogen) atoms. The predicted molar refractivity (Wildman–Crippen MR) is 115 cm³/mol. The summed E-state index contributed by atoms with van der Waals surface area (Å²) in [4.78, 5) is 12.9. The third-order valence-corrected chi connectivity index (χ3v) is 6.97. The molecular weight excluding hydrogens is 404 g/mol. The Labute approximate surface area is 178 Å². The monoisotopic (exact) mass is 432 g/mol. The van der Waals surface area contributed by atoms with Crippen molar-refractivity contribution in [3.8, 4) is 11.5 Å². The van der Waals surface area contributed by atoms with Crippen LogP contribution in [0, 0.1) is 0 Å². The highest BCUT2D eigenvalue weighted by Crippen LogP contribution is 2.23. The Bertz CT molecular complexity index is 954. The molecule has 1 fully saturated rings. The van der Waals surface area contributed by atoms with Crippen LogP contribution in [0.1, 0.15) is 32.6 Å². The molecule has 1 atom stereocenters. The van der Waals surface area contributed by atoms with Gasteiger partial charge in [0.2, 0.25) is 10.0 Å². The Morgan fingerprint density at radius 3 is 2.37 bits per heavy atom. The maximum Gasteiger partial charge on any atom is 0.265 e. The summed E-state index contributed by atoms with van der Waals surface area (Å²) in [6.45, 7) is 2.97. The van der Waals surface area contributed by atoms with Crippen LogP contribution in [0.2, 0.25) is 0 Å². The van der Waals surface area contributed by atoms with E-state index in [2.05, 4.69) is 5.32 Å². The molecule has 0 unspecified atom stereocenters. The van der Waals surface area contributed by atoms with Crippen LogP contribution in [0.4, 0.5) is 5.69 Å². The van der Waals surface area contributed by atoms with Gasteiger partial charge in [0, 0.05) is 24.8 Å². The fourth-order valence-electron chi connectivity index (χ4n) is 3.35. The van der Waals surface area contributed by atoms with Crippen LogP contribution in [-0.4, -0.2) is 44.9 Å². The van der Waals surface area contributed by atoms with E-state index in [1.165, 1.54) is 16.4 Å². The van der Waals surface area contributed by atoms with E-state index in [4.69, 9.17) is 9.47 Å². The van der Waals surface area contributed by atoms with Crippen LogP contribution in [0.15, 0.2) is 53.4 Å². The van der Waals surface area contributed by atoms with Gasteiger partial charge in [-0.25, -0.2) is 8.42 Å². The lowest BCUT2D eigenvalue weighted by Crippen LogP contribution is -2.35. The Morgan fingerprint density at radius 1 is 1.07 bits per heavy atom. The summed E-state index contributed by atoms with van der Waals surface area (Å²) >= 11 is 0. The van der Waals surface area contributed by atoms with E-state index in [1.54, 1.807) is 43.5 Å². The first-order chi connectivity index (χ1) is 14.4. The lowest BCUT2D eigenvalue weighted by Gasteiger charge is -2.26. The van der Waals surface area contributed by atoms with Crippen LogP contribution in [0.3, 0.4) is 0 Å². The summed E-state index contributed by atoms with van der Waals surface area (Å²) in [5.41, 5.74) is 0.519. The van der Waals surface area contributed by atoms with Gasteiger partial charge in [0.15, 0.2) is 6.10 Å². The minimum Gasteiger partial charge on any atom is -0.497 e. The Balaban J connectivity index is 1.65. The molecule has 0 radical (unpaired) electrons. The number of carbonyl (C=O) groups excluding carboxylic acids is 1. The molecule has 1 N–H and O–H groups in total. The highest BCUT2D eigenvalue weighted by Gasteiger charge is 2.26. The zero-order valence-corrected chi connectivity index (χ0v) is 18.2. The quantitative estimate of drug-likeness (QED) is 0.688. The van der Waals surface area contributed by atoms with E-state index in [0.717, 1.165) is 19.3 Å². The first kappa shape index (κ1) is 22.1. The summed E-state index contributed by atoms with van der Waals surface area (Å²) in [5.74, 6) is 0.888. The van der Waals surface area contributed by atoms with Gasteiger partial charge in [-0.15, -0.1) is 0 Å². The second kappa shape index (κ2) is 9.95. The number of nitrogens with zero attached hydrogens (tertiary/aromatic N) is 1. The molecule has 2 aromatic rings. The van der Waals surface area contributed by atoms with E-state index >= 15 is 0 Å². The summed E-state index contributed by atoms with van der Waals surface area (Å²) in [5, 5.41) is 2.80. The van der Waals surface area contributed by atoms with E-state index in [1.807, 2.05) is 6.92 Å². The molecule has 162 valence electrons. The largest absolute Gasteiger partial charge is 0.497 e. The zero-order valence-electron chi connectivity index (χ0n) is 17.3. The fraction of sp³-hybridized carbons (Fsp3) is 0.409. The van der Waals surface area contributed by atoms with Crippen molar-refractivity contribution in [1.29, 1.82) is 0 Å². The lowest BCUT2D eigenvalue weighted by molar-refractivity contribution is -0.122. The molecule has 0 aliphatic carbocycles. The van der Waals surface area contributed by atoms with Gasteiger partial charge in [0.05, 0.1) is 12.0 Å². The number of anilines is 1. The molecule has 1 saturated heterocycles. The predicted octanol–water partition coefficient (Wildman–Crippen LogP) is 3.67. The molecule has 2 aromatic carbocycles. The van der Waals surface area contributed by atoms with Gasteiger partial charge in [-0.2, -0.15) is 4.31 Å². The maximum absolute atomic E-state index is 12.7. The first-order valence-electron chi connectivity index (χ1n) is 10.2. The number of benzene rings is 2. The van der Waals surface area contributed by atoms with Crippen molar-refractivity contribution >= 4 is 21.6 Å². The number of sulfonamides is 1. The van der Waals surface area contributed by atoms with Gasteiger partial charge in [-0.05, 0) is 55.7 Å². The average Bonchev–Trinajstić information content (AvgIpc) is 2.78. The molecule has 8 heteroatoms. The third-order valence-electron chi connectivity index (χ3n) is 5.06. The molecule has 1 aliphatic heterocycles. The van der Waals surface area contributed by atoms with E-state index < -0.39 is 16.1 Å². The van der Waals surface area contributed by atoms with Gasteiger partial charge in [0.1, 0.15) is 11.5 Å². The Morgan fingerprint density at radius 2 is 1.73 bits per heavy atom. The van der Waals surface area contributed by atoms with Crippen LogP contribution >= 0.6 is 0 Å². The molecule has 1 amide bonds. The van der Waals surface area contributed by atoms with Crippen molar-refractivity contribution in [2.75, 3.05) is 25.5 Å². The third kappa shape index (κ3) is 5.31. The van der Waals surface area contributed by atoms with Gasteiger partial charge in [-0.3, -0.25) is 4.79 Å². The van der Waals surface area contributed by atoms with Crippen molar-refractivity contribution in [2.24, 2.45) is 0 Å². The molecule has 0 aromatic heterocycles. The number of hydrogen-bond donors (Lipinski definition) is 1. The molecule has 0 saturated carbocycles. The number of hydrogen-bond acceptors (Lipinski definition) is 5. The molecule has 3 rings (SSSR count). The van der Waals surface area contributed by atoms with Crippen molar-refractivity contribution in [3.63, 3.8) is 0 Å². The smallest absolute Gasteiger partial charge is 0.265 e. The van der Waals surface area contributed by atoms with E-state index in [-0.39, 0.29) is 10.8 Å². The highest BCUT2D eigenvalue weighted by molar-refractivity contribution is 7.89. The number of carbonyl (C=O) groups is 1. The number of ether oxygens (including phenoxy) is 2. The second-order valence-electron chi connectivity index (χ2n) is 7.17. The molecule has 0 spiro atoms. The fourth-order valence-corrected chi connectivity index (χ4v) is 4.87. The SMILES string of the molecule is CC[C@@H](Oc1cccc(OC)c1)C(=O)Nc1ccc(S(=O)(=O)N2CCCCC2)cc1. The van der Waals surface area contributed by atoms with Gasteiger partial charge in [0.25, 0.3) is 5.91 Å². The average molecular weight is 433 g/mol. The number of rotatable bonds is 8. The van der Waals surface area contributed by atoms with E-state index in [0.29, 0.717) is 36.7 Å². The van der Waals surface area contributed by atoms with Crippen LogP contribution in [0.5, 0.6) is 11.5 Å². The standard InChI is InChI=1S/C22H28N2O5S/c1-3-21(29-19-9-7-8-18(16-19)28-2)22(25)23-17-10-12-20(13-11-17)30(26,27)24-14-5-4-6-15-24/h7-13,16,21H,3-6,14-15H2,1-2H3,(H,23,25)/t21-/m1/s1. The van der Waals surface area contributed by atoms with Gasteiger partial charge in [-0.1, -0.05) is 19.4 Å². The Hall–Kier alpha value is -2.58. The van der Waals surface area contributed by atoms with Gasteiger partial charge >= 0.3 is 0 Å². The van der Waals surface area contributed by atoms with Crippen molar-refractivity contribution in [3.05, 3.63) is 48.5 Å². The second-order valence-corrected chi connectivity index (χ2v) is 9.11. The van der Waals surface area contributed by atoms with Crippen LogP contribution in [-0.2, 0) is 14.8 Å². The Kier molecular flexibility index (Phi) is 7.33. The highest BCUT2D eigenvalue weighted by atomic mass is 32.2. The number of amides is 1. The minimum absolute atomic E-state index is 0.238. The summed E-state index contributed by atoms with van der Waals surface area (Å²) < 4.78 is 38.0. The molecular formula is C22H28N2O5S. The minimum atomic E-state index is -3.49. The van der Waals surface area contributed by atoms with Crippen LogP contribution in [0.25, 0.3) is 0 Å². The number of methoxy groups -OCH3 is 1. The van der Waals surface area contributed by atoms with Crippen molar-refractivity contribution in [1.82, 2.24) is 4.31 Å². The van der Waals surface area contributed by atoms with Crippen molar-refractivity contribution < 1.29 is 22.7 Å². The van der Waals surface area contributed by atoms with Crippen molar-refractivity contribution in [2.45, 2.75) is 43.6 Å². The lowest BCUT2D eigenvalue weighted by atomic mass is 10.2. The van der Waals surface area contributed by atoms with E-state index in [9.17, 15) is 13.2 Å². The topological polar surface area (TPSA) is 84.9 Å². The molecule has 1 aliphatic rings. The van der Waals surface area contributed by atoms with Gasteiger partial charge < -0.3 is 14.8 Å². The molecule has 0 bridgehead atoms. The normalized spacial score (nSPS) is 15.9. The zero-order chi connectivity index (χ0) is 21.6. The maximum atomic E-state index is 12.7. The molecule has 7 nitrogen and oxygen atoms in total. The number of nitrogens with one attached hydrogen (secondary N) is 1. The summed E-state index contributed by atoms with van der Waals surface area (Å²) in [6, 6.07) is 13.3. The van der Waals surface area contributed by atoms with Crippen LogP contribution < -0.4 is 14.8 Å². The summed E-state index contributed by atoms with van der Waals surface area (Å²) in [7, 11) is -1.92. The first-order valence-corrected chi connectivity index (χ1v) is 11.6. The number of piperidine rings is 1. The summed E-state index contributed by atoms with van der Waals surface area (Å²) in [6.07, 6.45) is 2.63.